The van der Waals surface area contributed by atoms with Crippen LogP contribution in [0, 0.1) is 0 Å². The molecule has 0 spiro atoms. The fourth-order valence-corrected chi connectivity index (χ4v) is 2.33. The van der Waals surface area contributed by atoms with Crippen LogP contribution in [0.15, 0.2) is 23.1 Å². The van der Waals surface area contributed by atoms with Crippen molar-refractivity contribution in [3.05, 3.63) is 28.7 Å². The number of rotatable bonds is 2. The van der Waals surface area contributed by atoms with Gasteiger partial charge in [-0.1, -0.05) is 25.7 Å². The molecule has 1 N–H and O–H groups in total. The van der Waals surface area contributed by atoms with E-state index in [4.69, 9.17) is 0 Å². The lowest BCUT2D eigenvalue weighted by Gasteiger charge is -2.26. The number of hydrogen-bond donors (Lipinski definition) is 1. The first-order valence-corrected chi connectivity index (χ1v) is 5.94. The normalized spacial score (nSPS) is 20.3. The summed E-state index contributed by atoms with van der Waals surface area (Å²) in [7, 11) is 0. The third-order valence-electron chi connectivity index (χ3n) is 3.26. The number of nitrogens with zero attached hydrogens (tertiary/aromatic N) is 2. The van der Waals surface area contributed by atoms with Crippen LogP contribution in [0.5, 0.6) is 0 Å². The van der Waals surface area contributed by atoms with Crippen molar-refractivity contribution in [2.75, 3.05) is 0 Å². The quantitative estimate of drug-likeness (QED) is 0.768. The Morgan fingerprint density at radius 2 is 2.00 bits per heavy atom. The monoisotopic (exact) mass is 222 g/mol. The molecule has 16 heavy (non-hydrogen) atoms. The molecule has 4 nitrogen and oxygen atoms in total. The molecule has 0 amide bonds. The average molecular weight is 222 g/mol. The van der Waals surface area contributed by atoms with Crippen LogP contribution in [-0.4, -0.2) is 20.5 Å². The van der Waals surface area contributed by atoms with E-state index in [1.165, 1.54) is 23.6 Å². The zero-order valence-corrected chi connectivity index (χ0v) is 9.43. The van der Waals surface area contributed by atoms with Gasteiger partial charge in [-0.15, -0.1) is 0 Å². The van der Waals surface area contributed by atoms with Crippen molar-refractivity contribution in [1.29, 1.82) is 0 Å². The minimum atomic E-state index is -0.741. The van der Waals surface area contributed by atoms with Gasteiger partial charge in [-0.3, -0.25) is 4.79 Å². The SMILES string of the molecule is O=c1cccnn1CC1(O)CCCCCC1. The molecule has 1 aromatic rings. The van der Waals surface area contributed by atoms with E-state index >= 15 is 0 Å². The van der Waals surface area contributed by atoms with Gasteiger partial charge in [0.15, 0.2) is 0 Å². The van der Waals surface area contributed by atoms with Gasteiger partial charge >= 0.3 is 0 Å². The highest BCUT2D eigenvalue weighted by molar-refractivity contribution is 4.88. The molecule has 0 bridgehead atoms. The summed E-state index contributed by atoms with van der Waals surface area (Å²) in [5, 5.41) is 14.4. The summed E-state index contributed by atoms with van der Waals surface area (Å²) in [5.41, 5.74) is -0.880. The first-order chi connectivity index (χ1) is 7.70. The van der Waals surface area contributed by atoms with Crippen molar-refractivity contribution in [2.24, 2.45) is 0 Å². The predicted molar refractivity (Wildman–Crippen MR) is 61.1 cm³/mol. The zero-order valence-electron chi connectivity index (χ0n) is 9.43. The lowest BCUT2D eigenvalue weighted by Crippen LogP contribution is -2.38. The summed E-state index contributed by atoms with van der Waals surface area (Å²) >= 11 is 0. The molecule has 4 heteroatoms. The number of hydrogen-bond acceptors (Lipinski definition) is 3. The van der Waals surface area contributed by atoms with Crippen molar-refractivity contribution in [3.63, 3.8) is 0 Å². The third kappa shape index (κ3) is 2.70. The Hall–Kier alpha value is -1.16. The zero-order chi connectivity index (χ0) is 11.4. The fraction of sp³-hybridized carbons (Fsp3) is 0.667. The van der Waals surface area contributed by atoms with Crippen molar-refractivity contribution < 1.29 is 5.11 Å². The molecule has 0 aromatic carbocycles. The fourth-order valence-electron chi connectivity index (χ4n) is 2.33. The van der Waals surface area contributed by atoms with E-state index in [1.807, 2.05) is 0 Å². The molecule has 0 unspecified atom stereocenters. The average Bonchev–Trinajstić information content (AvgIpc) is 2.47. The molecule has 1 aliphatic rings. The molecule has 1 heterocycles. The largest absolute Gasteiger partial charge is 0.388 e. The molecule has 1 fully saturated rings. The van der Waals surface area contributed by atoms with Crippen LogP contribution < -0.4 is 5.56 Å². The predicted octanol–water partition coefficient (Wildman–Crippen LogP) is 1.33. The van der Waals surface area contributed by atoms with E-state index < -0.39 is 5.60 Å². The second kappa shape index (κ2) is 4.78. The van der Waals surface area contributed by atoms with Crippen LogP contribution >= 0.6 is 0 Å². The van der Waals surface area contributed by atoms with Crippen molar-refractivity contribution in [1.82, 2.24) is 9.78 Å². The van der Waals surface area contributed by atoms with Gasteiger partial charge in [0.1, 0.15) is 0 Å². The Morgan fingerprint density at radius 3 is 2.62 bits per heavy atom. The van der Waals surface area contributed by atoms with Gasteiger partial charge in [0.25, 0.3) is 5.56 Å². The first-order valence-electron chi connectivity index (χ1n) is 5.94. The van der Waals surface area contributed by atoms with E-state index in [-0.39, 0.29) is 5.56 Å². The van der Waals surface area contributed by atoms with Crippen LogP contribution in [0.1, 0.15) is 38.5 Å². The molecular weight excluding hydrogens is 204 g/mol. The third-order valence-corrected chi connectivity index (χ3v) is 3.26. The van der Waals surface area contributed by atoms with Gasteiger partial charge in [-0.2, -0.15) is 5.10 Å². The topological polar surface area (TPSA) is 55.1 Å². The number of aliphatic hydroxyl groups is 1. The molecular formula is C12H18N2O2. The van der Waals surface area contributed by atoms with Crippen LogP contribution in [0.3, 0.4) is 0 Å². The molecule has 0 radical (unpaired) electrons. The second-order valence-electron chi connectivity index (χ2n) is 4.66. The summed E-state index contributed by atoms with van der Waals surface area (Å²) in [6, 6.07) is 3.10. The lowest BCUT2D eigenvalue weighted by atomic mass is 9.94. The highest BCUT2D eigenvalue weighted by Gasteiger charge is 2.28. The van der Waals surface area contributed by atoms with Crippen molar-refractivity contribution in [3.8, 4) is 0 Å². The Balaban J connectivity index is 2.13. The first kappa shape index (κ1) is 11.3. The van der Waals surface area contributed by atoms with E-state index in [9.17, 15) is 9.90 Å². The molecule has 1 aliphatic carbocycles. The maximum absolute atomic E-state index is 11.5. The van der Waals surface area contributed by atoms with Gasteiger partial charge in [0.05, 0.1) is 12.1 Å². The molecule has 0 aliphatic heterocycles. The van der Waals surface area contributed by atoms with Crippen LogP contribution in [0.2, 0.25) is 0 Å². The summed E-state index contributed by atoms with van der Waals surface area (Å²) in [6.45, 7) is 0.326. The Morgan fingerprint density at radius 1 is 1.31 bits per heavy atom. The van der Waals surface area contributed by atoms with Gasteiger partial charge in [0.2, 0.25) is 0 Å². The molecule has 1 saturated carbocycles. The standard InChI is InChI=1S/C12H18N2O2/c15-11-6-5-9-13-14(11)10-12(16)7-3-1-2-4-8-12/h5-6,9,16H,1-4,7-8,10H2. The smallest absolute Gasteiger partial charge is 0.266 e. The second-order valence-corrected chi connectivity index (χ2v) is 4.66. The van der Waals surface area contributed by atoms with Gasteiger partial charge < -0.3 is 5.11 Å². The minimum Gasteiger partial charge on any atom is -0.388 e. The van der Waals surface area contributed by atoms with E-state index in [2.05, 4.69) is 5.10 Å². The lowest BCUT2D eigenvalue weighted by molar-refractivity contribution is 0.00364. The maximum Gasteiger partial charge on any atom is 0.266 e. The highest BCUT2D eigenvalue weighted by Crippen LogP contribution is 2.27. The van der Waals surface area contributed by atoms with E-state index in [0.29, 0.717) is 6.54 Å². The van der Waals surface area contributed by atoms with Crippen LogP contribution in [-0.2, 0) is 6.54 Å². The van der Waals surface area contributed by atoms with E-state index in [1.54, 1.807) is 12.3 Å². The summed E-state index contributed by atoms with van der Waals surface area (Å²) < 4.78 is 1.37. The summed E-state index contributed by atoms with van der Waals surface area (Å²) in [6.07, 6.45) is 7.57. The Labute approximate surface area is 94.9 Å². The maximum atomic E-state index is 11.5. The van der Waals surface area contributed by atoms with Crippen molar-refractivity contribution >= 4 is 0 Å². The Kier molecular flexibility index (Phi) is 3.39. The molecule has 2 rings (SSSR count). The van der Waals surface area contributed by atoms with Crippen LogP contribution in [0.4, 0.5) is 0 Å². The molecule has 88 valence electrons. The van der Waals surface area contributed by atoms with Crippen LogP contribution in [0.25, 0.3) is 0 Å². The highest BCUT2D eigenvalue weighted by atomic mass is 16.3. The minimum absolute atomic E-state index is 0.139. The van der Waals surface area contributed by atoms with Gasteiger partial charge in [0, 0.05) is 12.3 Å². The van der Waals surface area contributed by atoms with Crippen molar-refractivity contribution in [2.45, 2.75) is 50.7 Å². The summed E-state index contributed by atoms with van der Waals surface area (Å²) in [4.78, 5) is 11.5. The van der Waals surface area contributed by atoms with Gasteiger partial charge in [-0.25, -0.2) is 4.68 Å². The Bertz CT molecular complexity index is 392. The summed E-state index contributed by atoms with van der Waals surface area (Å²) in [5.74, 6) is 0. The number of aromatic nitrogens is 2. The molecule has 0 atom stereocenters. The molecule has 0 saturated heterocycles. The van der Waals surface area contributed by atoms with Gasteiger partial charge in [-0.05, 0) is 18.9 Å². The van der Waals surface area contributed by atoms with E-state index in [0.717, 1.165) is 25.7 Å². The molecule has 1 aromatic heterocycles.